The van der Waals surface area contributed by atoms with Gasteiger partial charge in [-0.2, -0.15) is 13.2 Å². The van der Waals surface area contributed by atoms with Crippen LogP contribution >= 0.6 is 0 Å². The molecule has 2 aliphatic heterocycles. The van der Waals surface area contributed by atoms with Crippen molar-refractivity contribution in [2.45, 2.75) is 50.9 Å². The number of fused-ring (bicyclic) bond motifs is 1. The highest BCUT2D eigenvalue weighted by atomic mass is 19.4. The number of halogens is 3. The third kappa shape index (κ3) is 6.97. The number of piperidine rings is 1. The summed E-state index contributed by atoms with van der Waals surface area (Å²) in [5.41, 5.74) is 0.431. The maximum atomic E-state index is 12.8. The van der Waals surface area contributed by atoms with E-state index in [9.17, 15) is 23.3 Å². The van der Waals surface area contributed by atoms with Crippen molar-refractivity contribution in [2.24, 2.45) is 5.92 Å². The molecule has 5 rings (SSSR count). The average molecular weight is 561 g/mol. The second-order valence-corrected chi connectivity index (χ2v) is 10.1. The fourth-order valence-electron chi connectivity index (χ4n) is 5.08. The van der Waals surface area contributed by atoms with Crippen molar-refractivity contribution >= 4 is 11.5 Å². The summed E-state index contributed by atoms with van der Waals surface area (Å²) in [5.74, 6) is 1.32. The van der Waals surface area contributed by atoms with Gasteiger partial charge in [-0.05, 0) is 79.0 Å². The Morgan fingerprint density at radius 1 is 1.02 bits per heavy atom. The van der Waals surface area contributed by atoms with E-state index in [-0.39, 0.29) is 23.7 Å². The molecule has 0 saturated carbocycles. The number of hydrogen-bond donors (Lipinski definition) is 0. The molecule has 0 radical (unpaired) electrons. The number of alkyl halides is 3. The highest BCUT2D eigenvalue weighted by molar-refractivity contribution is 5.49. The van der Waals surface area contributed by atoms with Crippen LogP contribution < -0.4 is 19.1 Å². The molecule has 0 amide bonds. The minimum atomic E-state index is -4.37. The van der Waals surface area contributed by atoms with E-state index in [0.717, 1.165) is 62.3 Å². The molecule has 2 aliphatic rings. The third-order valence-electron chi connectivity index (χ3n) is 7.32. The number of anilines is 1. The molecule has 1 fully saturated rings. The van der Waals surface area contributed by atoms with Crippen LogP contribution in [0, 0.1) is 16.0 Å². The summed E-state index contributed by atoms with van der Waals surface area (Å²) in [6.45, 7) is 3.19. The highest BCUT2D eigenvalue weighted by Gasteiger charge is 2.31. The number of imidazole rings is 1. The molecule has 0 bridgehead atoms. The molecule has 0 N–H and O–H groups in total. The highest BCUT2D eigenvalue weighted by Crippen LogP contribution is 2.32. The lowest BCUT2D eigenvalue weighted by Gasteiger charge is -2.33. The number of hydrogen-bond acceptors (Lipinski definition) is 7. The Bertz CT molecular complexity index is 1290. The maximum Gasteiger partial charge on any atom is 0.416 e. The first kappa shape index (κ1) is 27.6. The lowest BCUT2D eigenvalue weighted by Crippen LogP contribution is -2.33. The van der Waals surface area contributed by atoms with Gasteiger partial charge in [-0.15, -0.1) is 0 Å². The smallest absolute Gasteiger partial charge is 0.416 e. The van der Waals surface area contributed by atoms with Gasteiger partial charge in [0.15, 0.2) is 0 Å². The van der Waals surface area contributed by atoms with Crippen molar-refractivity contribution in [1.82, 2.24) is 9.55 Å². The Balaban J connectivity index is 1.00. The lowest BCUT2D eigenvalue weighted by molar-refractivity contribution is -0.389. The van der Waals surface area contributed by atoms with E-state index in [1.165, 1.54) is 12.3 Å². The first-order chi connectivity index (χ1) is 19.2. The molecular formula is C28H31F3N4O5. The van der Waals surface area contributed by atoms with Gasteiger partial charge in [0.05, 0.1) is 12.2 Å². The van der Waals surface area contributed by atoms with Crippen LogP contribution in [0.4, 0.5) is 24.7 Å². The van der Waals surface area contributed by atoms with E-state index in [4.69, 9.17) is 14.2 Å². The Labute approximate surface area is 229 Å². The molecule has 1 saturated heterocycles. The monoisotopic (exact) mass is 560 g/mol. The topological polar surface area (TPSA) is 91.9 Å². The van der Waals surface area contributed by atoms with Gasteiger partial charge in [0.2, 0.25) is 0 Å². The van der Waals surface area contributed by atoms with Crippen LogP contribution in [0.5, 0.6) is 17.5 Å². The zero-order valence-electron chi connectivity index (χ0n) is 21.9. The predicted octanol–water partition coefficient (Wildman–Crippen LogP) is 6.12. The molecule has 1 atom stereocenters. The van der Waals surface area contributed by atoms with Crippen LogP contribution in [0.3, 0.4) is 0 Å². The summed E-state index contributed by atoms with van der Waals surface area (Å²) >= 11 is 0. The summed E-state index contributed by atoms with van der Waals surface area (Å²) in [5, 5.41) is 10.9. The molecule has 214 valence electrons. The number of nitro groups is 1. The number of aromatic nitrogens is 2. The van der Waals surface area contributed by atoms with Crippen LogP contribution in [-0.4, -0.2) is 46.9 Å². The second-order valence-electron chi connectivity index (χ2n) is 10.1. The van der Waals surface area contributed by atoms with Gasteiger partial charge in [0, 0.05) is 36.7 Å². The van der Waals surface area contributed by atoms with Crippen molar-refractivity contribution in [3.63, 3.8) is 0 Å². The fraction of sp³-hybridized carbons (Fsp3) is 0.464. The van der Waals surface area contributed by atoms with E-state index in [1.807, 2.05) is 24.3 Å². The molecule has 12 heteroatoms. The minimum Gasteiger partial charge on any atom is -0.494 e. The number of rotatable bonds is 10. The number of nitrogens with zero attached hydrogens (tertiary/aromatic N) is 4. The van der Waals surface area contributed by atoms with Crippen LogP contribution in [0.1, 0.15) is 37.7 Å². The van der Waals surface area contributed by atoms with Gasteiger partial charge in [-0.25, -0.2) is 0 Å². The molecule has 40 heavy (non-hydrogen) atoms. The van der Waals surface area contributed by atoms with Crippen LogP contribution in [0.2, 0.25) is 0 Å². The molecule has 2 aromatic carbocycles. The van der Waals surface area contributed by atoms with E-state index in [2.05, 4.69) is 9.88 Å². The standard InChI is InChI=1S/C28H31F3N4O5/c29-28(30,31)21-4-1-5-24(17-21)38-16-2-3-20-10-13-33(14-11-20)22-6-8-23(9-7-22)39-19-25-12-15-34-18-26(35(36)37)32-27(34)40-25/h1,4-9,17-18,20,25H,2-3,10-16,19H2. The van der Waals surface area contributed by atoms with Crippen molar-refractivity contribution in [3.05, 3.63) is 70.4 Å². The summed E-state index contributed by atoms with van der Waals surface area (Å²) in [7, 11) is 0. The van der Waals surface area contributed by atoms with Gasteiger partial charge >= 0.3 is 18.0 Å². The van der Waals surface area contributed by atoms with Crippen LogP contribution in [0.15, 0.2) is 54.7 Å². The molecule has 3 heterocycles. The molecule has 9 nitrogen and oxygen atoms in total. The van der Waals surface area contributed by atoms with Gasteiger partial charge in [0.25, 0.3) is 0 Å². The molecule has 1 unspecified atom stereocenters. The quantitative estimate of drug-likeness (QED) is 0.168. The Morgan fingerprint density at radius 2 is 1.80 bits per heavy atom. The predicted molar refractivity (Wildman–Crippen MR) is 141 cm³/mol. The zero-order chi connectivity index (χ0) is 28.1. The number of aryl methyl sites for hydroxylation is 1. The Kier molecular flexibility index (Phi) is 8.32. The van der Waals surface area contributed by atoms with Crippen molar-refractivity contribution < 1.29 is 32.3 Å². The van der Waals surface area contributed by atoms with Crippen molar-refractivity contribution in [1.29, 1.82) is 0 Å². The lowest BCUT2D eigenvalue weighted by atomic mass is 9.92. The Morgan fingerprint density at radius 3 is 2.52 bits per heavy atom. The van der Waals surface area contributed by atoms with Gasteiger partial charge in [-0.3, -0.25) is 4.57 Å². The molecule has 0 aliphatic carbocycles. The molecule has 3 aromatic rings. The maximum absolute atomic E-state index is 12.8. The van der Waals surface area contributed by atoms with Crippen LogP contribution in [0.25, 0.3) is 0 Å². The Hall–Kier alpha value is -3.96. The largest absolute Gasteiger partial charge is 0.494 e. The SMILES string of the molecule is O=[N+]([O-])c1cn2c(n1)OC(COc1ccc(N3CCC(CCCOc4cccc(C(F)(F)F)c4)CC3)cc1)CC2. The van der Waals surface area contributed by atoms with E-state index < -0.39 is 16.7 Å². The van der Waals surface area contributed by atoms with Crippen LogP contribution in [-0.2, 0) is 12.7 Å². The minimum absolute atomic E-state index is 0.223. The molecule has 1 aromatic heterocycles. The second kappa shape index (κ2) is 12.1. The van der Waals surface area contributed by atoms with E-state index in [1.54, 1.807) is 10.6 Å². The first-order valence-electron chi connectivity index (χ1n) is 13.4. The van der Waals surface area contributed by atoms with Crippen molar-refractivity contribution in [3.8, 4) is 17.5 Å². The molecular weight excluding hydrogens is 529 g/mol. The summed E-state index contributed by atoms with van der Waals surface area (Å²) in [6.07, 6.45) is 1.34. The van der Waals surface area contributed by atoms with Gasteiger partial charge in [0.1, 0.15) is 30.4 Å². The summed E-state index contributed by atoms with van der Waals surface area (Å²) < 4.78 is 57.4. The zero-order valence-corrected chi connectivity index (χ0v) is 21.9. The molecule has 0 spiro atoms. The first-order valence-corrected chi connectivity index (χ1v) is 13.4. The van der Waals surface area contributed by atoms with Gasteiger partial charge < -0.3 is 29.2 Å². The third-order valence-corrected chi connectivity index (χ3v) is 7.32. The fourth-order valence-corrected chi connectivity index (χ4v) is 5.08. The van der Waals surface area contributed by atoms with E-state index >= 15 is 0 Å². The normalized spacial score (nSPS) is 17.7. The number of benzene rings is 2. The number of ether oxygens (including phenoxy) is 3. The van der Waals surface area contributed by atoms with Crippen molar-refractivity contribution in [2.75, 3.05) is 31.2 Å². The summed E-state index contributed by atoms with van der Waals surface area (Å²) in [6, 6.07) is 13.2. The van der Waals surface area contributed by atoms with Gasteiger partial charge in [-0.1, -0.05) is 6.07 Å². The van der Waals surface area contributed by atoms with E-state index in [0.29, 0.717) is 32.1 Å². The summed E-state index contributed by atoms with van der Waals surface area (Å²) in [4.78, 5) is 16.6. The average Bonchev–Trinajstić information content (AvgIpc) is 3.39.